The third-order valence-corrected chi connectivity index (χ3v) is 3.05. The molecule has 2 N–H and O–H groups in total. The highest BCUT2D eigenvalue weighted by Crippen LogP contribution is 2.25. The van der Waals surface area contributed by atoms with Crippen LogP contribution in [0.5, 0.6) is 0 Å². The van der Waals surface area contributed by atoms with Crippen molar-refractivity contribution in [2.75, 3.05) is 0 Å². The van der Waals surface area contributed by atoms with Crippen LogP contribution in [-0.4, -0.2) is 0 Å². The molecule has 84 valence electrons. The molecule has 0 bridgehead atoms. The van der Waals surface area contributed by atoms with Crippen molar-refractivity contribution in [3.63, 3.8) is 0 Å². The van der Waals surface area contributed by atoms with E-state index in [0.29, 0.717) is 10.9 Å². The molecule has 0 spiro atoms. The quantitative estimate of drug-likeness (QED) is 0.938. The zero-order valence-corrected chi connectivity index (χ0v) is 10.1. The van der Waals surface area contributed by atoms with Gasteiger partial charge >= 0.3 is 0 Å². The molecule has 1 unspecified atom stereocenters. The van der Waals surface area contributed by atoms with Gasteiger partial charge in [-0.1, -0.05) is 22.0 Å². The molecule has 4 heteroatoms. The average molecular weight is 284 g/mol. The molecule has 2 rings (SSSR count). The van der Waals surface area contributed by atoms with Gasteiger partial charge in [0.25, 0.3) is 0 Å². The maximum Gasteiger partial charge on any atom is 0.124 e. The van der Waals surface area contributed by atoms with Gasteiger partial charge in [-0.3, -0.25) is 0 Å². The molecular formula is C12H11BrFNO. The lowest BCUT2D eigenvalue weighted by Crippen LogP contribution is -2.13. The average Bonchev–Trinajstić information content (AvgIpc) is 2.70. The van der Waals surface area contributed by atoms with Gasteiger partial charge in [0.05, 0.1) is 6.26 Å². The first-order valence-corrected chi connectivity index (χ1v) is 5.69. The first kappa shape index (κ1) is 11.4. The van der Waals surface area contributed by atoms with Crippen LogP contribution in [0.25, 0.3) is 0 Å². The Kier molecular flexibility index (Phi) is 3.41. The van der Waals surface area contributed by atoms with Crippen LogP contribution >= 0.6 is 15.9 Å². The predicted molar refractivity (Wildman–Crippen MR) is 63.4 cm³/mol. The Bertz CT molecular complexity index is 470. The van der Waals surface area contributed by atoms with Crippen molar-refractivity contribution in [3.05, 3.63) is 58.2 Å². The Morgan fingerprint density at radius 3 is 2.81 bits per heavy atom. The number of hydrogen-bond donors (Lipinski definition) is 1. The standard InChI is InChI=1S/C12H11BrFNO/c13-11-6-8(14)3-4-10(11)12(15)7-9-2-1-5-16-9/h1-6,12H,7,15H2. The van der Waals surface area contributed by atoms with Crippen molar-refractivity contribution in [2.24, 2.45) is 5.73 Å². The number of halogens is 2. The van der Waals surface area contributed by atoms with E-state index < -0.39 is 0 Å². The van der Waals surface area contributed by atoms with Gasteiger partial charge in [-0.2, -0.15) is 0 Å². The summed E-state index contributed by atoms with van der Waals surface area (Å²) >= 11 is 3.30. The van der Waals surface area contributed by atoms with E-state index in [1.165, 1.54) is 12.1 Å². The fourth-order valence-electron chi connectivity index (χ4n) is 1.56. The lowest BCUT2D eigenvalue weighted by Gasteiger charge is -2.12. The maximum atomic E-state index is 12.9. The number of nitrogens with two attached hydrogens (primary N) is 1. The maximum absolute atomic E-state index is 12.9. The number of rotatable bonds is 3. The minimum absolute atomic E-state index is 0.207. The largest absolute Gasteiger partial charge is 0.469 e. The van der Waals surface area contributed by atoms with Crippen molar-refractivity contribution >= 4 is 15.9 Å². The molecule has 0 aliphatic heterocycles. The summed E-state index contributed by atoms with van der Waals surface area (Å²) in [6.07, 6.45) is 2.21. The lowest BCUT2D eigenvalue weighted by atomic mass is 10.0. The molecule has 0 fully saturated rings. The molecule has 0 saturated heterocycles. The molecule has 1 heterocycles. The van der Waals surface area contributed by atoms with Crippen LogP contribution in [0.3, 0.4) is 0 Å². The Labute approximate surface area is 101 Å². The molecule has 2 aromatic rings. The van der Waals surface area contributed by atoms with Gasteiger partial charge in [-0.05, 0) is 29.8 Å². The number of furan rings is 1. The van der Waals surface area contributed by atoms with Crippen LogP contribution in [0.2, 0.25) is 0 Å². The summed E-state index contributed by atoms with van der Waals surface area (Å²) in [6.45, 7) is 0. The van der Waals surface area contributed by atoms with Crippen molar-refractivity contribution in [2.45, 2.75) is 12.5 Å². The predicted octanol–water partition coefficient (Wildman–Crippen LogP) is 3.42. The van der Waals surface area contributed by atoms with Gasteiger partial charge in [0.1, 0.15) is 11.6 Å². The lowest BCUT2D eigenvalue weighted by molar-refractivity contribution is 0.488. The van der Waals surface area contributed by atoms with Gasteiger partial charge in [-0.25, -0.2) is 4.39 Å². The fraction of sp³-hybridized carbons (Fsp3) is 0.167. The molecule has 1 aromatic heterocycles. The molecule has 1 atom stereocenters. The highest BCUT2D eigenvalue weighted by Gasteiger charge is 2.12. The third kappa shape index (κ3) is 2.51. The van der Waals surface area contributed by atoms with Crippen LogP contribution in [-0.2, 0) is 6.42 Å². The van der Waals surface area contributed by atoms with E-state index in [-0.39, 0.29) is 11.9 Å². The number of hydrogen-bond acceptors (Lipinski definition) is 2. The van der Waals surface area contributed by atoms with Crippen LogP contribution in [0, 0.1) is 5.82 Å². The van der Waals surface area contributed by atoms with Crippen molar-refractivity contribution < 1.29 is 8.81 Å². The van der Waals surface area contributed by atoms with Gasteiger partial charge in [0.2, 0.25) is 0 Å². The second-order valence-corrected chi connectivity index (χ2v) is 4.41. The second kappa shape index (κ2) is 4.80. The molecule has 16 heavy (non-hydrogen) atoms. The van der Waals surface area contributed by atoms with Crippen LogP contribution in [0.4, 0.5) is 4.39 Å². The Balaban J connectivity index is 2.17. The summed E-state index contributed by atoms with van der Waals surface area (Å²) in [5.41, 5.74) is 6.90. The molecular weight excluding hydrogens is 273 g/mol. The smallest absolute Gasteiger partial charge is 0.124 e. The van der Waals surface area contributed by atoms with Crippen LogP contribution < -0.4 is 5.73 Å². The molecule has 0 radical (unpaired) electrons. The van der Waals surface area contributed by atoms with Crippen molar-refractivity contribution in [1.82, 2.24) is 0 Å². The van der Waals surface area contributed by atoms with Crippen molar-refractivity contribution in [1.29, 1.82) is 0 Å². The van der Waals surface area contributed by atoms with Crippen molar-refractivity contribution in [3.8, 4) is 0 Å². The Morgan fingerprint density at radius 2 is 2.19 bits per heavy atom. The summed E-state index contributed by atoms with van der Waals surface area (Å²) in [5.74, 6) is 0.546. The Hall–Kier alpha value is -1.13. The molecule has 1 aromatic carbocycles. The molecule has 2 nitrogen and oxygen atoms in total. The SMILES string of the molecule is NC(Cc1ccco1)c1ccc(F)cc1Br. The minimum atomic E-state index is -0.277. The summed E-state index contributed by atoms with van der Waals surface area (Å²) in [4.78, 5) is 0. The third-order valence-electron chi connectivity index (χ3n) is 2.36. The van der Waals surface area contributed by atoms with Gasteiger partial charge in [0, 0.05) is 16.9 Å². The van der Waals surface area contributed by atoms with Crippen LogP contribution in [0.15, 0.2) is 45.5 Å². The zero-order chi connectivity index (χ0) is 11.5. The van der Waals surface area contributed by atoms with E-state index in [0.717, 1.165) is 11.3 Å². The zero-order valence-electron chi connectivity index (χ0n) is 8.49. The molecule has 0 aliphatic carbocycles. The van der Waals surface area contributed by atoms with E-state index in [1.807, 2.05) is 12.1 Å². The van der Waals surface area contributed by atoms with Gasteiger partial charge < -0.3 is 10.2 Å². The van der Waals surface area contributed by atoms with E-state index in [4.69, 9.17) is 10.2 Å². The highest BCUT2D eigenvalue weighted by molar-refractivity contribution is 9.10. The Morgan fingerprint density at radius 1 is 1.38 bits per heavy atom. The topological polar surface area (TPSA) is 39.2 Å². The fourth-order valence-corrected chi connectivity index (χ4v) is 2.20. The first-order valence-electron chi connectivity index (χ1n) is 4.89. The number of benzene rings is 1. The summed E-state index contributed by atoms with van der Waals surface area (Å²) in [6, 6.07) is 7.99. The second-order valence-electron chi connectivity index (χ2n) is 3.56. The molecule has 0 amide bonds. The molecule has 0 saturated carbocycles. The normalized spacial score (nSPS) is 12.7. The summed E-state index contributed by atoms with van der Waals surface area (Å²) in [7, 11) is 0. The first-order chi connectivity index (χ1) is 7.66. The minimum Gasteiger partial charge on any atom is -0.469 e. The van der Waals surface area contributed by atoms with E-state index in [1.54, 1.807) is 12.3 Å². The van der Waals surface area contributed by atoms with Gasteiger partial charge in [0.15, 0.2) is 0 Å². The van der Waals surface area contributed by atoms with E-state index >= 15 is 0 Å². The van der Waals surface area contributed by atoms with Crippen LogP contribution in [0.1, 0.15) is 17.4 Å². The molecule has 0 aliphatic rings. The summed E-state index contributed by atoms with van der Waals surface area (Å²) in [5, 5.41) is 0. The highest BCUT2D eigenvalue weighted by atomic mass is 79.9. The van der Waals surface area contributed by atoms with E-state index in [9.17, 15) is 4.39 Å². The van der Waals surface area contributed by atoms with Gasteiger partial charge in [-0.15, -0.1) is 0 Å². The summed E-state index contributed by atoms with van der Waals surface area (Å²) < 4.78 is 18.8. The monoisotopic (exact) mass is 283 g/mol. The van der Waals surface area contributed by atoms with E-state index in [2.05, 4.69) is 15.9 Å².